The van der Waals surface area contributed by atoms with Gasteiger partial charge < -0.3 is 5.73 Å². The first kappa shape index (κ1) is 11.4. The van der Waals surface area contributed by atoms with E-state index in [2.05, 4.69) is 25.6 Å². The van der Waals surface area contributed by atoms with Crippen LogP contribution in [-0.2, 0) is 0 Å². The Morgan fingerprint density at radius 3 is 2.31 bits per heavy atom. The van der Waals surface area contributed by atoms with Crippen LogP contribution in [0.2, 0.25) is 0 Å². The van der Waals surface area contributed by atoms with Gasteiger partial charge in [-0.3, -0.25) is 0 Å². The molecule has 2 unspecified atom stereocenters. The minimum Gasteiger partial charge on any atom is -0.327 e. The van der Waals surface area contributed by atoms with Crippen LogP contribution in [0.15, 0.2) is 0 Å². The predicted octanol–water partition coefficient (Wildman–Crippen LogP) is 3.18. The second-order valence-corrected chi connectivity index (χ2v) is 6.20. The molecule has 2 atom stereocenters. The van der Waals surface area contributed by atoms with Gasteiger partial charge in [-0.25, -0.2) is 0 Å². The van der Waals surface area contributed by atoms with Crippen LogP contribution in [0.1, 0.15) is 52.4 Å². The summed E-state index contributed by atoms with van der Waals surface area (Å²) in [5.74, 6) is 0. The van der Waals surface area contributed by atoms with Gasteiger partial charge in [-0.15, -0.1) is 0 Å². The van der Waals surface area contributed by atoms with E-state index in [0.717, 1.165) is 10.5 Å². The Morgan fingerprint density at radius 1 is 1.08 bits per heavy atom. The van der Waals surface area contributed by atoms with E-state index in [9.17, 15) is 0 Å². The molecule has 0 aromatic heterocycles. The molecule has 0 amide bonds. The molecule has 0 bridgehead atoms. The maximum absolute atomic E-state index is 6.18. The van der Waals surface area contributed by atoms with Crippen molar-refractivity contribution in [3.63, 3.8) is 0 Å². The fraction of sp³-hybridized carbons (Fsp3) is 1.00. The lowest BCUT2D eigenvalue weighted by Gasteiger charge is -2.27. The zero-order chi connectivity index (χ0) is 9.68. The summed E-state index contributed by atoms with van der Waals surface area (Å²) in [5.41, 5.74) is 6.18. The fourth-order valence-electron chi connectivity index (χ4n) is 2.00. The number of thioether (sulfide) groups is 1. The first-order chi connectivity index (χ1) is 6.20. The Labute approximate surface area is 86.8 Å². The lowest BCUT2D eigenvalue weighted by molar-refractivity contribution is 0.463. The van der Waals surface area contributed by atoms with Crippen molar-refractivity contribution in [2.75, 3.05) is 0 Å². The maximum Gasteiger partial charge on any atom is 0.0201 e. The Balaban J connectivity index is 2.37. The summed E-state index contributed by atoms with van der Waals surface area (Å²) in [7, 11) is 0. The largest absolute Gasteiger partial charge is 0.327 e. The highest BCUT2D eigenvalue weighted by atomic mass is 32.2. The van der Waals surface area contributed by atoms with Crippen molar-refractivity contribution < 1.29 is 0 Å². The third-order valence-corrected chi connectivity index (χ3v) is 4.18. The van der Waals surface area contributed by atoms with E-state index in [1.54, 1.807) is 0 Å². The van der Waals surface area contributed by atoms with Gasteiger partial charge in [0.1, 0.15) is 0 Å². The summed E-state index contributed by atoms with van der Waals surface area (Å²) in [6, 6.07) is 0.452. The molecule has 2 heteroatoms. The molecule has 0 radical (unpaired) electrons. The van der Waals surface area contributed by atoms with E-state index in [1.807, 2.05) is 0 Å². The molecule has 13 heavy (non-hydrogen) atoms. The molecule has 2 N–H and O–H groups in total. The van der Waals surface area contributed by atoms with Crippen molar-refractivity contribution in [3.8, 4) is 0 Å². The van der Waals surface area contributed by atoms with E-state index >= 15 is 0 Å². The zero-order valence-corrected chi connectivity index (χ0v) is 9.78. The molecule has 78 valence electrons. The molecule has 0 saturated heterocycles. The van der Waals surface area contributed by atoms with Gasteiger partial charge in [0.05, 0.1) is 0 Å². The van der Waals surface area contributed by atoms with Gasteiger partial charge in [0.15, 0.2) is 0 Å². The number of hydrogen-bond donors (Lipinski definition) is 1. The highest BCUT2D eigenvalue weighted by Gasteiger charge is 2.20. The van der Waals surface area contributed by atoms with Crippen molar-refractivity contribution in [1.29, 1.82) is 0 Å². The second-order valence-electron chi connectivity index (χ2n) is 4.38. The van der Waals surface area contributed by atoms with Crippen molar-refractivity contribution in [3.05, 3.63) is 0 Å². The molecule has 0 aromatic rings. The quantitative estimate of drug-likeness (QED) is 0.742. The van der Waals surface area contributed by atoms with Gasteiger partial charge in [-0.05, 0) is 18.1 Å². The van der Waals surface area contributed by atoms with Crippen LogP contribution in [0.4, 0.5) is 0 Å². The van der Waals surface area contributed by atoms with E-state index in [0.29, 0.717) is 6.04 Å². The van der Waals surface area contributed by atoms with Gasteiger partial charge in [0.2, 0.25) is 0 Å². The first-order valence-electron chi connectivity index (χ1n) is 5.61. The lowest BCUT2D eigenvalue weighted by atomic mass is 9.97. The molecule has 1 aliphatic carbocycles. The topological polar surface area (TPSA) is 26.0 Å². The van der Waals surface area contributed by atoms with E-state index in [4.69, 9.17) is 5.73 Å². The highest BCUT2D eigenvalue weighted by molar-refractivity contribution is 8.00. The molecule has 0 aliphatic heterocycles. The van der Waals surface area contributed by atoms with Crippen molar-refractivity contribution >= 4 is 11.8 Å². The van der Waals surface area contributed by atoms with Crippen LogP contribution < -0.4 is 5.73 Å². The van der Waals surface area contributed by atoms with Crippen LogP contribution in [0.25, 0.3) is 0 Å². The van der Waals surface area contributed by atoms with Gasteiger partial charge in [0, 0.05) is 11.3 Å². The number of nitrogens with two attached hydrogens (primary N) is 1. The molecule has 0 heterocycles. The molecule has 1 fully saturated rings. The van der Waals surface area contributed by atoms with Gasteiger partial charge in [-0.2, -0.15) is 11.8 Å². The average Bonchev–Trinajstić information content (AvgIpc) is 2.04. The summed E-state index contributed by atoms with van der Waals surface area (Å²) in [4.78, 5) is 0. The Hall–Kier alpha value is 0.310. The van der Waals surface area contributed by atoms with E-state index in [-0.39, 0.29) is 0 Å². The van der Waals surface area contributed by atoms with Crippen LogP contribution in [-0.4, -0.2) is 16.5 Å². The fourth-order valence-corrected chi connectivity index (χ4v) is 3.34. The smallest absolute Gasteiger partial charge is 0.0201 e. The standard InChI is InChI=1S/C11H23NS/c1-9(2)13-11-8-6-4-3-5-7-10(11)12/h9-11H,3-8,12H2,1-2H3. The third-order valence-electron chi connectivity index (χ3n) is 2.70. The van der Waals surface area contributed by atoms with Crippen molar-refractivity contribution in [2.24, 2.45) is 5.73 Å². The predicted molar refractivity (Wildman–Crippen MR) is 62.2 cm³/mol. The highest BCUT2D eigenvalue weighted by Crippen LogP contribution is 2.28. The van der Waals surface area contributed by atoms with E-state index < -0.39 is 0 Å². The molecule has 1 rings (SSSR count). The third kappa shape index (κ3) is 4.37. The summed E-state index contributed by atoms with van der Waals surface area (Å²) < 4.78 is 0. The van der Waals surface area contributed by atoms with Crippen molar-refractivity contribution in [1.82, 2.24) is 0 Å². The second kappa shape index (κ2) is 5.92. The summed E-state index contributed by atoms with van der Waals surface area (Å²) in [6.45, 7) is 4.55. The van der Waals surface area contributed by atoms with Crippen LogP contribution in [0, 0.1) is 0 Å². The Bertz CT molecular complexity index is 136. The number of rotatable bonds is 2. The maximum atomic E-state index is 6.18. The monoisotopic (exact) mass is 201 g/mol. The molecule has 1 nitrogen and oxygen atoms in total. The lowest BCUT2D eigenvalue weighted by Crippen LogP contribution is -2.34. The van der Waals surface area contributed by atoms with Gasteiger partial charge in [0.25, 0.3) is 0 Å². The molecule has 0 aromatic carbocycles. The van der Waals surface area contributed by atoms with Gasteiger partial charge in [-0.1, -0.05) is 39.5 Å². The van der Waals surface area contributed by atoms with Crippen LogP contribution >= 0.6 is 11.8 Å². The zero-order valence-electron chi connectivity index (χ0n) is 8.96. The molecule has 1 aliphatic rings. The average molecular weight is 201 g/mol. The normalized spacial score (nSPS) is 31.4. The van der Waals surface area contributed by atoms with Crippen molar-refractivity contribution in [2.45, 2.75) is 68.9 Å². The minimum absolute atomic E-state index is 0.452. The SMILES string of the molecule is CC(C)SC1CCCCCCC1N. The Kier molecular flexibility index (Phi) is 5.18. The number of hydrogen-bond acceptors (Lipinski definition) is 2. The van der Waals surface area contributed by atoms with Crippen LogP contribution in [0.5, 0.6) is 0 Å². The summed E-state index contributed by atoms with van der Waals surface area (Å²) in [5, 5.41) is 1.45. The molecular formula is C11H23NS. The van der Waals surface area contributed by atoms with Gasteiger partial charge >= 0.3 is 0 Å². The molecule has 0 spiro atoms. The minimum atomic E-state index is 0.452. The Morgan fingerprint density at radius 2 is 1.69 bits per heavy atom. The summed E-state index contributed by atoms with van der Waals surface area (Å²) >= 11 is 2.08. The van der Waals surface area contributed by atoms with Crippen LogP contribution in [0.3, 0.4) is 0 Å². The molecule has 1 saturated carbocycles. The first-order valence-corrected chi connectivity index (χ1v) is 6.55. The molecular weight excluding hydrogens is 178 g/mol. The van der Waals surface area contributed by atoms with E-state index in [1.165, 1.54) is 38.5 Å². The summed E-state index contributed by atoms with van der Waals surface area (Å²) in [6.07, 6.45) is 8.12.